The van der Waals surface area contributed by atoms with Crippen molar-refractivity contribution in [3.63, 3.8) is 0 Å². The first-order valence-electron chi connectivity index (χ1n) is 12.2. The number of benzene rings is 2. The number of nitrogens with zero attached hydrogens (tertiary/aromatic N) is 3. The van der Waals surface area contributed by atoms with Crippen LogP contribution in [0.2, 0.25) is 0 Å². The summed E-state index contributed by atoms with van der Waals surface area (Å²) >= 11 is 0. The first kappa shape index (κ1) is 25.2. The lowest BCUT2D eigenvalue weighted by Gasteiger charge is -2.27. The highest BCUT2D eigenvalue weighted by atomic mass is 16.6. The van der Waals surface area contributed by atoms with Gasteiger partial charge in [-0.3, -0.25) is 14.9 Å². The number of aldehydes is 1. The molecule has 1 saturated carbocycles. The quantitative estimate of drug-likeness (QED) is 0.206. The van der Waals surface area contributed by atoms with E-state index in [0.717, 1.165) is 54.2 Å². The molecular weight excluding hydrogens is 458 g/mol. The number of nitro groups is 1. The molecule has 3 N–H and O–H groups in total. The van der Waals surface area contributed by atoms with Crippen LogP contribution in [0.25, 0.3) is 11.1 Å². The Morgan fingerprint density at radius 3 is 2.58 bits per heavy atom. The predicted octanol–water partition coefficient (Wildman–Crippen LogP) is 5.00. The lowest BCUT2D eigenvalue weighted by Crippen LogP contribution is -2.23. The molecule has 0 radical (unpaired) electrons. The van der Waals surface area contributed by atoms with Gasteiger partial charge in [0.1, 0.15) is 12.5 Å². The van der Waals surface area contributed by atoms with Crippen molar-refractivity contribution in [2.24, 2.45) is 11.8 Å². The molecule has 0 saturated heterocycles. The van der Waals surface area contributed by atoms with Crippen LogP contribution in [0.15, 0.2) is 48.7 Å². The lowest BCUT2D eigenvalue weighted by molar-refractivity contribution is -0.384. The van der Waals surface area contributed by atoms with Gasteiger partial charge < -0.3 is 15.7 Å². The molecule has 0 amide bonds. The van der Waals surface area contributed by atoms with Crippen molar-refractivity contribution in [3.8, 4) is 11.1 Å². The maximum absolute atomic E-state index is 11.5. The van der Waals surface area contributed by atoms with E-state index in [1.54, 1.807) is 6.07 Å². The minimum atomic E-state index is -0.476. The zero-order valence-electron chi connectivity index (χ0n) is 20.3. The van der Waals surface area contributed by atoms with Crippen LogP contribution in [0.1, 0.15) is 47.2 Å². The number of aliphatic hydroxyl groups is 1. The van der Waals surface area contributed by atoms with Crippen LogP contribution in [0, 0.1) is 28.9 Å². The number of anilines is 2. The molecular formula is C27H31N5O4. The Hall–Kier alpha value is -3.85. The fourth-order valence-electron chi connectivity index (χ4n) is 4.73. The number of hydrogen-bond donors (Lipinski definition) is 3. The molecule has 9 nitrogen and oxygen atoms in total. The molecule has 36 heavy (non-hydrogen) atoms. The molecule has 4 rings (SSSR count). The number of aliphatic hydroxyl groups excluding tert-OH is 1. The third-order valence-corrected chi connectivity index (χ3v) is 6.97. The SMILES string of the molecule is Cc1c(CNc2ncc([N+](=O)[O-])c(NCC3CCC(CO)CC3)n2)cccc1-c1cccc(C=O)c1. The highest BCUT2D eigenvalue weighted by Gasteiger charge is 2.23. The molecule has 2 aromatic carbocycles. The second kappa shape index (κ2) is 11.7. The number of carbonyl (C=O) groups is 1. The maximum atomic E-state index is 11.5. The average molecular weight is 490 g/mol. The lowest BCUT2D eigenvalue weighted by atomic mass is 9.82. The summed E-state index contributed by atoms with van der Waals surface area (Å²) in [5.41, 5.74) is 4.55. The Kier molecular flexibility index (Phi) is 8.22. The summed E-state index contributed by atoms with van der Waals surface area (Å²) < 4.78 is 0. The molecule has 1 aliphatic carbocycles. The third-order valence-electron chi connectivity index (χ3n) is 6.97. The molecule has 9 heteroatoms. The molecule has 188 valence electrons. The van der Waals surface area contributed by atoms with Gasteiger partial charge in [-0.25, -0.2) is 4.98 Å². The van der Waals surface area contributed by atoms with E-state index in [0.29, 0.717) is 36.4 Å². The molecule has 0 bridgehead atoms. The van der Waals surface area contributed by atoms with Crippen molar-refractivity contribution < 1.29 is 14.8 Å². The first-order valence-corrected chi connectivity index (χ1v) is 12.2. The smallest absolute Gasteiger partial charge is 0.329 e. The van der Waals surface area contributed by atoms with Gasteiger partial charge in [-0.15, -0.1) is 0 Å². The number of carbonyl (C=O) groups excluding carboxylic acids is 1. The number of nitrogens with one attached hydrogen (secondary N) is 2. The minimum Gasteiger partial charge on any atom is -0.396 e. The second-order valence-corrected chi connectivity index (χ2v) is 9.32. The minimum absolute atomic E-state index is 0.155. The average Bonchev–Trinajstić information content (AvgIpc) is 2.91. The van der Waals surface area contributed by atoms with E-state index >= 15 is 0 Å². The summed E-state index contributed by atoms with van der Waals surface area (Å²) in [6.45, 7) is 3.28. The molecule has 3 aromatic rings. The standard InChI is InChI=1S/C27H31N5O4/c1-18-23(6-3-7-24(18)22-5-2-4-21(12-22)17-34)14-29-27-30-15-25(32(35)36)26(31-27)28-13-19-8-10-20(16-33)11-9-19/h2-7,12,15,17,19-20,33H,8-11,13-14,16H2,1H3,(H2,28,29,30,31). The molecule has 1 aliphatic rings. The Labute approximate surface area is 210 Å². The normalized spacial score (nSPS) is 17.4. The summed E-state index contributed by atoms with van der Waals surface area (Å²) in [7, 11) is 0. The van der Waals surface area contributed by atoms with Crippen molar-refractivity contribution in [1.29, 1.82) is 0 Å². The highest BCUT2D eigenvalue weighted by molar-refractivity contribution is 5.79. The van der Waals surface area contributed by atoms with E-state index in [-0.39, 0.29) is 18.1 Å². The molecule has 0 spiro atoms. The monoisotopic (exact) mass is 489 g/mol. The molecule has 0 atom stereocenters. The Balaban J connectivity index is 1.46. The van der Waals surface area contributed by atoms with Crippen LogP contribution in [0.4, 0.5) is 17.5 Å². The van der Waals surface area contributed by atoms with Crippen molar-refractivity contribution >= 4 is 23.7 Å². The van der Waals surface area contributed by atoms with Crippen LogP contribution >= 0.6 is 0 Å². The van der Waals surface area contributed by atoms with Crippen LogP contribution in [-0.4, -0.2) is 39.4 Å². The van der Waals surface area contributed by atoms with Gasteiger partial charge >= 0.3 is 5.69 Å². The summed E-state index contributed by atoms with van der Waals surface area (Å²) in [5, 5.41) is 27.2. The summed E-state index contributed by atoms with van der Waals surface area (Å²) in [6, 6.07) is 13.4. The highest BCUT2D eigenvalue weighted by Crippen LogP contribution is 2.30. The van der Waals surface area contributed by atoms with Gasteiger partial charge in [0, 0.05) is 25.3 Å². The van der Waals surface area contributed by atoms with Crippen LogP contribution in [0.5, 0.6) is 0 Å². The fourth-order valence-corrected chi connectivity index (χ4v) is 4.73. The van der Waals surface area contributed by atoms with Gasteiger partial charge in [0.05, 0.1) is 4.92 Å². The Morgan fingerprint density at radius 2 is 1.86 bits per heavy atom. The van der Waals surface area contributed by atoms with Crippen molar-refractivity contribution in [3.05, 3.63) is 75.5 Å². The summed E-state index contributed by atoms with van der Waals surface area (Å²) in [6.07, 6.45) is 5.97. The maximum Gasteiger partial charge on any atom is 0.329 e. The Morgan fingerprint density at radius 1 is 1.11 bits per heavy atom. The van der Waals surface area contributed by atoms with E-state index < -0.39 is 4.92 Å². The summed E-state index contributed by atoms with van der Waals surface area (Å²) in [4.78, 5) is 30.8. The predicted molar refractivity (Wildman–Crippen MR) is 139 cm³/mol. The fraction of sp³-hybridized carbons (Fsp3) is 0.370. The van der Waals surface area contributed by atoms with Crippen LogP contribution in [0.3, 0.4) is 0 Å². The van der Waals surface area contributed by atoms with E-state index in [4.69, 9.17) is 0 Å². The van der Waals surface area contributed by atoms with Crippen molar-refractivity contribution in [2.45, 2.75) is 39.2 Å². The van der Waals surface area contributed by atoms with Crippen molar-refractivity contribution in [2.75, 3.05) is 23.8 Å². The van der Waals surface area contributed by atoms with Crippen LogP contribution < -0.4 is 10.6 Å². The zero-order valence-corrected chi connectivity index (χ0v) is 20.3. The third kappa shape index (κ3) is 6.04. The molecule has 0 aliphatic heterocycles. The number of hydrogen-bond acceptors (Lipinski definition) is 8. The van der Waals surface area contributed by atoms with Gasteiger partial charge in [0.2, 0.25) is 11.8 Å². The van der Waals surface area contributed by atoms with Gasteiger partial charge in [-0.1, -0.05) is 36.4 Å². The van der Waals surface area contributed by atoms with E-state index in [1.807, 2.05) is 43.3 Å². The summed E-state index contributed by atoms with van der Waals surface area (Å²) in [5.74, 6) is 1.26. The van der Waals surface area contributed by atoms with Crippen LogP contribution in [-0.2, 0) is 6.54 Å². The van der Waals surface area contributed by atoms with Crippen molar-refractivity contribution in [1.82, 2.24) is 9.97 Å². The first-order chi connectivity index (χ1) is 17.5. The van der Waals surface area contributed by atoms with Gasteiger partial charge in [0.15, 0.2) is 0 Å². The van der Waals surface area contributed by atoms with Gasteiger partial charge in [0.25, 0.3) is 0 Å². The van der Waals surface area contributed by atoms with Gasteiger partial charge in [-0.05, 0) is 72.8 Å². The number of aromatic nitrogens is 2. The van der Waals surface area contributed by atoms with E-state index in [9.17, 15) is 20.0 Å². The van der Waals surface area contributed by atoms with E-state index in [2.05, 4.69) is 20.6 Å². The topological polar surface area (TPSA) is 130 Å². The number of rotatable bonds is 10. The molecule has 1 fully saturated rings. The molecule has 1 heterocycles. The molecule has 1 aromatic heterocycles. The Bertz CT molecular complexity index is 1220. The second-order valence-electron chi connectivity index (χ2n) is 9.32. The van der Waals surface area contributed by atoms with Gasteiger partial charge in [-0.2, -0.15) is 4.98 Å². The van der Waals surface area contributed by atoms with E-state index in [1.165, 1.54) is 6.20 Å². The zero-order chi connectivity index (χ0) is 25.5. The largest absolute Gasteiger partial charge is 0.396 e. The molecule has 0 unspecified atom stereocenters.